The second-order valence-electron chi connectivity index (χ2n) is 5.43. The lowest BCUT2D eigenvalue weighted by molar-refractivity contribution is 0.168. The van der Waals surface area contributed by atoms with Crippen LogP contribution in [-0.4, -0.2) is 30.1 Å². The third kappa shape index (κ3) is 3.33. The maximum atomic E-state index is 3.86. The number of hydrogen-bond acceptors (Lipinski definition) is 2. The van der Waals surface area contributed by atoms with Gasteiger partial charge < -0.3 is 5.32 Å². The summed E-state index contributed by atoms with van der Waals surface area (Å²) in [5, 5.41) is 3.34. The first-order valence-electron chi connectivity index (χ1n) is 5.54. The van der Waals surface area contributed by atoms with Crippen LogP contribution in [0.5, 0.6) is 0 Å². The van der Waals surface area contributed by atoms with Crippen molar-refractivity contribution in [1.82, 2.24) is 10.2 Å². The summed E-state index contributed by atoms with van der Waals surface area (Å²) in [5.41, 5.74) is 1.41. The van der Waals surface area contributed by atoms with E-state index in [9.17, 15) is 0 Å². The highest BCUT2D eigenvalue weighted by Crippen LogP contribution is 2.23. The van der Waals surface area contributed by atoms with Crippen LogP contribution in [0, 0.1) is 5.92 Å². The molecule has 1 aliphatic heterocycles. The lowest BCUT2D eigenvalue weighted by atomic mass is 10.1. The second-order valence-corrected chi connectivity index (χ2v) is 5.43. The van der Waals surface area contributed by atoms with Crippen molar-refractivity contribution in [3.63, 3.8) is 0 Å². The zero-order valence-electron chi connectivity index (χ0n) is 10.1. The summed E-state index contributed by atoms with van der Waals surface area (Å²) in [4.78, 5) is 2.57. The monoisotopic (exact) mass is 196 g/mol. The minimum absolute atomic E-state index is 0.331. The van der Waals surface area contributed by atoms with Crippen molar-refractivity contribution in [3.8, 4) is 0 Å². The van der Waals surface area contributed by atoms with Crippen LogP contribution in [0.4, 0.5) is 0 Å². The van der Waals surface area contributed by atoms with Crippen LogP contribution >= 0.6 is 0 Å². The fourth-order valence-corrected chi connectivity index (χ4v) is 1.93. The molecular weight excluding hydrogens is 172 g/mol. The van der Waals surface area contributed by atoms with Gasteiger partial charge in [-0.25, -0.2) is 0 Å². The molecule has 0 saturated carbocycles. The van der Waals surface area contributed by atoms with Crippen LogP contribution in [0.15, 0.2) is 12.3 Å². The van der Waals surface area contributed by atoms with E-state index in [0.717, 1.165) is 18.2 Å². The van der Waals surface area contributed by atoms with Gasteiger partial charge in [-0.05, 0) is 46.6 Å². The van der Waals surface area contributed by atoms with Gasteiger partial charge in [0.1, 0.15) is 0 Å². The van der Waals surface area contributed by atoms with Crippen molar-refractivity contribution in [2.24, 2.45) is 5.92 Å². The van der Waals surface area contributed by atoms with E-state index in [-0.39, 0.29) is 0 Å². The van der Waals surface area contributed by atoms with Crippen molar-refractivity contribution in [2.45, 2.75) is 39.7 Å². The van der Waals surface area contributed by atoms with Crippen molar-refractivity contribution in [3.05, 3.63) is 12.3 Å². The molecule has 0 amide bonds. The maximum Gasteiger partial charge on any atom is 0.0184 e. The van der Waals surface area contributed by atoms with E-state index in [2.05, 4.69) is 37.6 Å². The van der Waals surface area contributed by atoms with Crippen molar-refractivity contribution < 1.29 is 0 Å². The summed E-state index contributed by atoms with van der Waals surface area (Å²) in [6, 6.07) is 0. The Kier molecular flexibility index (Phi) is 3.59. The number of allylic oxidation sites excluding steroid dienone is 1. The predicted molar refractivity (Wildman–Crippen MR) is 62.2 cm³/mol. The smallest absolute Gasteiger partial charge is 0.0184 e. The fourth-order valence-electron chi connectivity index (χ4n) is 1.93. The van der Waals surface area contributed by atoms with E-state index in [1.165, 1.54) is 19.5 Å². The molecule has 2 heteroatoms. The van der Waals surface area contributed by atoms with E-state index in [4.69, 9.17) is 0 Å². The Hall–Kier alpha value is -0.500. The Morgan fingerprint density at radius 2 is 2.14 bits per heavy atom. The van der Waals surface area contributed by atoms with Crippen LogP contribution < -0.4 is 5.32 Å². The largest absolute Gasteiger partial charge is 0.389 e. The first-order chi connectivity index (χ1) is 6.39. The average Bonchev–Trinajstić information content (AvgIpc) is 2.47. The van der Waals surface area contributed by atoms with Crippen LogP contribution in [0.1, 0.15) is 34.1 Å². The Bertz CT molecular complexity index is 203. The molecule has 1 aliphatic rings. The van der Waals surface area contributed by atoms with E-state index in [0.29, 0.717) is 5.54 Å². The molecule has 0 bridgehead atoms. The lowest BCUT2D eigenvalue weighted by Crippen LogP contribution is -2.40. The molecule has 0 aromatic heterocycles. The number of nitrogens with zero attached hydrogens (tertiary/aromatic N) is 1. The Balaban J connectivity index is 2.31. The van der Waals surface area contributed by atoms with E-state index in [1.54, 1.807) is 0 Å². The molecule has 14 heavy (non-hydrogen) atoms. The zero-order chi connectivity index (χ0) is 10.8. The van der Waals surface area contributed by atoms with Gasteiger partial charge in [0, 0.05) is 24.3 Å². The first-order valence-corrected chi connectivity index (χ1v) is 5.54. The molecular formula is C12H24N2. The molecule has 1 N–H and O–H groups in total. The van der Waals surface area contributed by atoms with Crippen molar-refractivity contribution in [1.29, 1.82) is 0 Å². The number of nitrogens with one attached hydrogen (secondary N) is 1. The summed E-state index contributed by atoms with van der Waals surface area (Å²) in [6.45, 7) is 16.3. The summed E-state index contributed by atoms with van der Waals surface area (Å²) >= 11 is 0. The molecule has 0 aromatic rings. The lowest BCUT2D eigenvalue weighted by Gasteiger charge is -2.31. The minimum atomic E-state index is 0.331. The molecule has 1 unspecified atom stereocenters. The second kappa shape index (κ2) is 4.35. The van der Waals surface area contributed by atoms with Crippen LogP contribution in [0.25, 0.3) is 0 Å². The minimum Gasteiger partial charge on any atom is -0.389 e. The van der Waals surface area contributed by atoms with E-state index >= 15 is 0 Å². The van der Waals surface area contributed by atoms with Crippen LogP contribution in [0.3, 0.4) is 0 Å². The standard InChI is InChI=1S/C12H24N2/c1-10(2)13-8-11-6-7-14(9-11)12(3,4)5/h11,13H,1,6-9H2,2-5H3. The SMILES string of the molecule is C=C(C)NCC1CCN(C(C)(C)C)C1. The quantitative estimate of drug-likeness (QED) is 0.744. The summed E-state index contributed by atoms with van der Waals surface area (Å²) < 4.78 is 0. The molecule has 1 saturated heterocycles. The highest BCUT2D eigenvalue weighted by molar-refractivity contribution is 4.89. The fraction of sp³-hybridized carbons (Fsp3) is 0.833. The molecule has 82 valence electrons. The summed E-state index contributed by atoms with van der Waals surface area (Å²) in [6.07, 6.45) is 1.32. The Labute approximate surface area is 88.4 Å². The highest BCUT2D eigenvalue weighted by Gasteiger charge is 2.29. The molecule has 0 aliphatic carbocycles. The summed E-state index contributed by atoms with van der Waals surface area (Å²) in [7, 11) is 0. The molecule has 1 rings (SSSR count). The third-order valence-electron chi connectivity index (χ3n) is 2.93. The molecule has 0 radical (unpaired) electrons. The topological polar surface area (TPSA) is 15.3 Å². The van der Waals surface area contributed by atoms with E-state index in [1.807, 2.05) is 6.92 Å². The zero-order valence-corrected chi connectivity index (χ0v) is 10.1. The maximum absolute atomic E-state index is 3.86. The number of likely N-dealkylation sites (tertiary alicyclic amines) is 1. The van der Waals surface area contributed by atoms with Crippen LogP contribution in [0.2, 0.25) is 0 Å². The first kappa shape index (κ1) is 11.6. The van der Waals surface area contributed by atoms with Gasteiger partial charge in [0.25, 0.3) is 0 Å². The van der Waals surface area contributed by atoms with Gasteiger partial charge in [0.15, 0.2) is 0 Å². The molecule has 0 aromatic carbocycles. The molecule has 1 fully saturated rings. The van der Waals surface area contributed by atoms with Crippen molar-refractivity contribution >= 4 is 0 Å². The predicted octanol–water partition coefficient (Wildman–Crippen LogP) is 2.23. The van der Waals surface area contributed by atoms with Gasteiger partial charge >= 0.3 is 0 Å². The average molecular weight is 196 g/mol. The molecule has 2 nitrogen and oxygen atoms in total. The molecule has 0 spiro atoms. The Morgan fingerprint density at radius 1 is 1.50 bits per heavy atom. The number of rotatable bonds is 3. The molecule has 1 atom stereocenters. The third-order valence-corrected chi connectivity index (χ3v) is 2.93. The Morgan fingerprint density at radius 3 is 2.57 bits per heavy atom. The van der Waals surface area contributed by atoms with Crippen molar-refractivity contribution in [2.75, 3.05) is 19.6 Å². The van der Waals surface area contributed by atoms with Gasteiger partial charge in [0.2, 0.25) is 0 Å². The normalized spacial score (nSPS) is 23.9. The molecule has 1 heterocycles. The number of hydrogen-bond donors (Lipinski definition) is 1. The van der Waals surface area contributed by atoms with Gasteiger partial charge in [-0.3, -0.25) is 4.90 Å². The van der Waals surface area contributed by atoms with Gasteiger partial charge in [-0.15, -0.1) is 0 Å². The van der Waals surface area contributed by atoms with Gasteiger partial charge in [0.05, 0.1) is 0 Å². The van der Waals surface area contributed by atoms with E-state index < -0.39 is 0 Å². The highest BCUT2D eigenvalue weighted by atomic mass is 15.2. The van der Waals surface area contributed by atoms with Gasteiger partial charge in [-0.2, -0.15) is 0 Å². The van der Waals surface area contributed by atoms with Gasteiger partial charge in [-0.1, -0.05) is 6.58 Å². The summed E-state index contributed by atoms with van der Waals surface area (Å²) in [5.74, 6) is 0.797. The van der Waals surface area contributed by atoms with Crippen LogP contribution in [-0.2, 0) is 0 Å².